The third-order valence-corrected chi connectivity index (χ3v) is 3.54. The number of hydrogen-bond acceptors (Lipinski definition) is 1. The summed E-state index contributed by atoms with van der Waals surface area (Å²) >= 11 is 0. The monoisotopic (exact) mass is 228 g/mol. The summed E-state index contributed by atoms with van der Waals surface area (Å²) in [6.45, 7) is 6.73. The zero-order chi connectivity index (χ0) is 12.2. The van der Waals surface area contributed by atoms with Crippen molar-refractivity contribution >= 4 is 0 Å². The number of hydrogen-bond donors (Lipinski definition) is 1. The Morgan fingerprint density at radius 2 is 1.50 bits per heavy atom. The minimum absolute atomic E-state index is 0.0429. The number of unbranched alkanes of at least 4 members (excludes halogenated alkanes) is 4. The Kier molecular flexibility index (Phi) is 11.4. The van der Waals surface area contributed by atoms with Gasteiger partial charge in [0.05, 0.1) is 6.10 Å². The first-order valence-corrected chi connectivity index (χ1v) is 7.42. The molecule has 2 unspecified atom stereocenters. The topological polar surface area (TPSA) is 20.2 Å². The molecule has 0 aliphatic rings. The van der Waals surface area contributed by atoms with E-state index in [1.54, 1.807) is 0 Å². The van der Waals surface area contributed by atoms with E-state index in [9.17, 15) is 5.11 Å². The van der Waals surface area contributed by atoms with Gasteiger partial charge in [-0.15, -0.1) is 0 Å². The van der Waals surface area contributed by atoms with Crippen molar-refractivity contribution in [3.8, 4) is 0 Å². The number of aliphatic hydroxyl groups is 1. The van der Waals surface area contributed by atoms with Gasteiger partial charge in [0.25, 0.3) is 0 Å². The molecule has 1 N–H and O–H groups in total. The highest BCUT2D eigenvalue weighted by atomic mass is 16.3. The quantitative estimate of drug-likeness (QED) is 0.497. The smallest absolute Gasteiger partial charge is 0.0542 e. The lowest BCUT2D eigenvalue weighted by molar-refractivity contribution is 0.125. The van der Waals surface area contributed by atoms with E-state index in [0.29, 0.717) is 0 Å². The molecule has 2 atom stereocenters. The van der Waals surface area contributed by atoms with Crippen LogP contribution in [0.15, 0.2) is 0 Å². The molecule has 0 spiro atoms. The molecule has 0 amide bonds. The van der Waals surface area contributed by atoms with Gasteiger partial charge in [-0.1, -0.05) is 72.1 Å². The third kappa shape index (κ3) is 9.21. The van der Waals surface area contributed by atoms with Crippen LogP contribution in [0.3, 0.4) is 0 Å². The van der Waals surface area contributed by atoms with E-state index in [1.165, 1.54) is 51.4 Å². The molecule has 0 bridgehead atoms. The Morgan fingerprint density at radius 1 is 0.812 bits per heavy atom. The third-order valence-electron chi connectivity index (χ3n) is 3.54. The number of aliphatic hydroxyl groups excluding tert-OH is 1. The van der Waals surface area contributed by atoms with E-state index in [1.807, 2.05) is 0 Å². The van der Waals surface area contributed by atoms with Gasteiger partial charge in [0.2, 0.25) is 0 Å². The molecule has 0 heterocycles. The molecule has 16 heavy (non-hydrogen) atoms. The number of rotatable bonds is 11. The van der Waals surface area contributed by atoms with Crippen molar-refractivity contribution in [2.24, 2.45) is 5.92 Å². The molecule has 1 nitrogen and oxygen atoms in total. The molecule has 0 aromatic rings. The molecule has 0 saturated carbocycles. The Morgan fingerprint density at radius 3 is 2.06 bits per heavy atom. The Balaban J connectivity index is 3.53. The summed E-state index contributed by atoms with van der Waals surface area (Å²) in [6.07, 6.45) is 12.2. The molecule has 0 aliphatic carbocycles. The predicted octanol–water partition coefficient (Wildman–Crippen LogP) is 4.92. The molecule has 1 heteroatoms. The summed E-state index contributed by atoms with van der Waals surface area (Å²) in [7, 11) is 0. The van der Waals surface area contributed by atoms with Crippen LogP contribution in [0.4, 0.5) is 0 Å². The van der Waals surface area contributed by atoms with Crippen LogP contribution in [-0.2, 0) is 0 Å². The van der Waals surface area contributed by atoms with Gasteiger partial charge in [-0.3, -0.25) is 0 Å². The van der Waals surface area contributed by atoms with Crippen LogP contribution in [0.25, 0.3) is 0 Å². The highest BCUT2D eigenvalue weighted by molar-refractivity contribution is 4.64. The molecule has 0 aromatic heterocycles. The second-order valence-electron chi connectivity index (χ2n) is 5.16. The SMILES string of the molecule is CCCCCCC(O)CC(CC)CCCC. The molecular formula is C15H32O. The molecule has 98 valence electrons. The van der Waals surface area contributed by atoms with Crippen LogP contribution in [0.1, 0.15) is 85.0 Å². The molecule has 0 radical (unpaired) electrons. The van der Waals surface area contributed by atoms with Crippen molar-refractivity contribution in [1.29, 1.82) is 0 Å². The van der Waals surface area contributed by atoms with Crippen LogP contribution in [0, 0.1) is 5.92 Å². The van der Waals surface area contributed by atoms with Crippen molar-refractivity contribution < 1.29 is 5.11 Å². The van der Waals surface area contributed by atoms with Crippen LogP contribution in [0.5, 0.6) is 0 Å². The molecular weight excluding hydrogens is 196 g/mol. The average molecular weight is 228 g/mol. The van der Waals surface area contributed by atoms with E-state index in [2.05, 4.69) is 20.8 Å². The fraction of sp³-hybridized carbons (Fsp3) is 1.00. The summed E-state index contributed by atoms with van der Waals surface area (Å²) in [5.41, 5.74) is 0. The lowest BCUT2D eigenvalue weighted by atomic mass is 9.91. The van der Waals surface area contributed by atoms with Crippen LogP contribution in [-0.4, -0.2) is 11.2 Å². The van der Waals surface area contributed by atoms with E-state index < -0.39 is 0 Å². The summed E-state index contributed by atoms with van der Waals surface area (Å²) in [5.74, 6) is 0.751. The second-order valence-corrected chi connectivity index (χ2v) is 5.16. The van der Waals surface area contributed by atoms with Crippen molar-refractivity contribution in [2.75, 3.05) is 0 Å². The summed E-state index contributed by atoms with van der Waals surface area (Å²) in [6, 6.07) is 0. The van der Waals surface area contributed by atoms with Crippen molar-refractivity contribution in [2.45, 2.75) is 91.1 Å². The molecule has 0 rings (SSSR count). The summed E-state index contributed by atoms with van der Waals surface area (Å²) in [5, 5.41) is 9.95. The Bertz CT molecular complexity index is 133. The lowest BCUT2D eigenvalue weighted by Gasteiger charge is -2.18. The van der Waals surface area contributed by atoms with Gasteiger partial charge in [0, 0.05) is 0 Å². The minimum atomic E-state index is -0.0429. The first kappa shape index (κ1) is 16.0. The van der Waals surface area contributed by atoms with E-state index in [-0.39, 0.29) is 6.10 Å². The first-order valence-electron chi connectivity index (χ1n) is 7.42. The van der Waals surface area contributed by atoms with Gasteiger partial charge < -0.3 is 5.11 Å². The van der Waals surface area contributed by atoms with Gasteiger partial charge in [0.1, 0.15) is 0 Å². The first-order chi connectivity index (χ1) is 7.74. The van der Waals surface area contributed by atoms with Crippen molar-refractivity contribution in [3.05, 3.63) is 0 Å². The van der Waals surface area contributed by atoms with E-state index >= 15 is 0 Å². The largest absolute Gasteiger partial charge is 0.393 e. The van der Waals surface area contributed by atoms with Gasteiger partial charge in [-0.2, -0.15) is 0 Å². The fourth-order valence-electron chi connectivity index (χ4n) is 2.29. The summed E-state index contributed by atoms with van der Waals surface area (Å²) in [4.78, 5) is 0. The van der Waals surface area contributed by atoms with Crippen molar-refractivity contribution in [1.82, 2.24) is 0 Å². The fourth-order valence-corrected chi connectivity index (χ4v) is 2.29. The molecule has 0 aromatic carbocycles. The summed E-state index contributed by atoms with van der Waals surface area (Å²) < 4.78 is 0. The van der Waals surface area contributed by atoms with Crippen molar-refractivity contribution in [3.63, 3.8) is 0 Å². The average Bonchev–Trinajstić information content (AvgIpc) is 2.30. The highest BCUT2D eigenvalue weighted by Crippen LogP contribution is 2.20. The second kappa shape index (κ2) is 11.4. The molecule has 0 fully saturated rings. The lowest BCUT2D eigenvalue weighted by Crippen LogP contribution is -2.13. The maximum Gasteiger partial charge on any atom is 0.0542 e. The van der Waals surface area contributed by atoms with E-state index in [0.717, 1.165) is 18.8 Å². The highest BCUT2D eigenvalue weighted by Gasteiger charge is 2.12. The van der Waals surface area contributed by atoms with E-state index in [4.69, 9.17) is 0 Å². The van der Waals surface area contributed by atoms with Crippen LogP contribution < -0.4 is 0 Å². The molecule has 0 saturated heterocycles. The van der Waals surface area contributed by atoms with Gasteiger partial charge in [0.15, 0.2) is 0 Å². The predicted molar refractivity (Wildman–Crippen MR) is 72.7 cm³/mol. The van der Waals surface area contributed by atoms with Gasteiger partial charge in [-0.25, -0.2) is 0 Å². The molecule has 0 aliphatic heterocycles. The normalized spacial score (nSPS) is 15.0. The van der Waals surface area contributed by atoms with Gasteiger partial charge in [-0.05, 0) is 18.8 Å². The van der Waals surface area contributed by atoms with Gasteiger partial charge >= 0.3 is 0 Å². The standard InChI is InChI=1S/C15H32O/c1-4-7-9-10-12-15(16)13-14(6-3)11-8-5-2/h14-16H,4-13H2,1-3H3. The Labute approximate surface area is 103 Å². The maximum absolute atomic E-state index is 9.95. The van der Waals surface area contributed by atoms with Crippen LogP contribution >= 0.6 is 0 Å². The maximum atomic E-state index is 9.95. The Hall–Kier alpha value is -0.0400. The van der Waals surface area contributed by atoms with Crippen LogP contribution in [0.2, 0.25) is 0 Å². The zero-order valence-corrected chi connectivity index (χ0v) is 11.7. The zero-order valence-electron chi connectivity index (χ0n) is 11.7. The minimum Gasteiger partial charge on any atom is -0.393 e.